The Bertz CT molecular complexity index is 710. The van der Waals surface area contributed by atoms with Crippen molar-refractivity contribution >= 4 is 29.9 Å². The summed E-state index contributed by atoms with van der Waals surface area (Å²) in [5, 5.41) is 11.2. The third-order valence-corrected chi connectivity index (χ3v) is 4.58. The van der Waals surface area contributed by atoms with Gasteiger partial charge in [-0.05, 0) is 50.8 Å². The van der Waals surface area contributed by atoms with Gasteiger partial charge in [0.25, 0.3) is 0 Å². The van der Waals surface area contributed by atoms with Crippen LogP contribution in [0.15, 0.2) is 47.7 Å². The number of guanidine groups is 1. The Balaban J connectivity index is 0.00000261. The SMILES string of the molecule is CCNC(=NCC1(C)CCCO1)NCCc1cnn(-c2ccccc2)c1.I. The van der Waals surface area contributed by atoms with Gasteiger partial charge < -0.3 is 15.4 Å². The van der Waals surface area contributed by atoms with E-state index in [0.29, 0.717) is 6.54 Å². The zero-order valence-corrected chi connectivity index (χ0v) is 18.5. The van der Waals surface area contributed by atoms with Crippen LogP contribution in [0.25, 0.3) is 5.69 Å². The fourth-order valence-corrected chi connectivity index (χ4v) is 3.09. The number of nitrogens with zero attached hydrogens (tertiary/aromatic N) is 3. The zero-order valence-electron chi connectivity index (χ0n) is 16.1. The maximum atomic E-state index is 5.81. The highest BCUT2D eigenvalue weighted by molar-refractivity contribution is 14.0. The third kappa shape index (κ3) is 6.49. The lowest BCUT2D eigenvalue weighted by Gasteiger charge is -2.21. The van der Waals surface area contributed by atoms with Crippen molar-refractivity contribution in [3.63, 3.8) is 0 Å². The standard InChI is InChI=1S/C20H29N5O.HI/c1-3-21-19(23-16-20(2)11-7-13-26-20)22-12-10-17-14-24-25(15-17)18-8-5-4-6-9-18;/h4-6,8-9,14-15H,3,7,10-13,16H2,1-2H3,(H2,21,22,23);1H. The van der Waals surface area contributed by atoms with E-state index in [4.69, 9.17) is 9.73 Å². The number of aliphatic imine (C=N–C) groups is 1. The summed E-state index contributed by atoms with van der Waals surface area (Å²) in [7, 11) is 0. The first-order chi connectivity index (χ1) is 12.7. The molecule has 1 saturated heterocycles. The van der Waals surface area contributed by atoms with Crippen molar-refractivity contribution < 1.29 is 4.74 Å². The summed E-state index contributed by atoms with van der Waals surface area (Å²) in [6, 6.07) is 10.2. The number of aromatic nitrogens is 2. The molecule has 2 aromatic rings. The van der Waals surface area contributed by atoms with Gasteiger partial charge in [0.1, 0.15) is 0 Å². The fraction of sp³-hybridized carbons (Fsp3) is 0.500. The van der Waals surface area contributed by atoms with Crippen molar-refractivity contribution in [3.05, 3.63) is 48.3 Å². The molecule has 0 radical (unpaired) electrons. The molecule has 1 aliphatic heterocycles. The van der Waals surface area contributed by atoms with E-state index in [2.05, 4.69) is 47.9 Å². The maximum Gasteiger partial charge on any atom is 0.191 e. The molecule has 0 bridgehead atoms. The van der Waals surface area contributed by atoms with E-state index in [1.165, 1.54) is 5.56 Å². The maximum absolute atomic E-state index is 5.81. The Morgan fingerprint density at radius 1 is 1.30 bits per heavy atom. The predicted octanol–water partition coefficient (Wildman–Crippen LogP) is 3.16. The number of para-hydroxylation sites is 1. The summed E-state index contributed by atoms with van der Waals surface area (Å²) < 4.78 is 7.72. The average Bonchev–Trinajstić information content (AvgIpc) is 3.30. The molecule has 1 fully saturated rings. The monoisotopic (exact) mass is 483 g/mol. The van der Waals surface area contributed by atoms with Crippen molar-refractivity contribution in [2.24, 2.45) is 4.99 Å². The summed E-state index contributed by atoms with van der Waals surface area (Å²) >= 11 is 0. The minimum Gasteiger partial charge on any atom is -0.373 e. The van der Waals surface area contributed by atoms with E-state index in [9.17, 15) is 0 Å². The first kappa shape index (κ1) is 21.7. The Morgan fingerprint density at radius 3 is 2.81 bits per heavy atom. The molecule has 1 aliphatic rings. The molecule has 27 heavy (non-hydrogen) atoms. The van der Waals surface area contributed by atoms with Crippen LogP contribution in [-0.2, 0) is 11.2 Å². The van der Waals surface area contributed by atoms with E-state index < -0.39 is 0 Å². The molecule has 1 unspecified atom stereocenters. The molecule has 6 nitrogen and oxygen atoms in total. The Hall–Kier alpha value is -1.61. The van der Waals surface area contributed by atoms with Gasteiger partial charge in [0.2, 0.25) is 0 Å². The number of rotatable bonds is 7. The van der Waals surface area contributed by atoms with Crippen LogP contribution in [0.2, 0.25) is 0 Å². The van der Waals surface area contributed by atoms with Gasteiger partial charge in [-0.2, -0.15) is 5.10 Å². The summed E-state index contributed by atoms with van der Waals surface area (Å²) in [4.78, 5) is 4.70. The molecule has 7 heteroatoms. The molecule has 0 aliphatic carbocycles. The lowest BCUT2D eigenvalue weighted by Crippen LogP contribution is -2.40. The highest BCUT2D eigenvalue weighted by Crippen LogP contribution is 2.24. The van der Waals surface area contributed by atoms with Crippen LogP contribution in [0.1, 0.15) is 32.3 Å². The molecule has 2 heterocycles. The van der Waals surface area contributed by atoms with Gasteiger partial charge in [-0.1, -0.05) is 18.2 Å². The molecule has 1 atom stereocenters. The summed E-state index contributed by atoms with van der Waals surface area (Å²) in [5.74, 6) is 0.847. The number of ether oxygens (including phenoxy) is 1. The molecule has 0 saturated carbocycles. The highest BCUT2D eigenvalue weighted by Gasteiger charge is 2.29. The molecule has 148 valence electrons. The fourth-order valence-electron chi connectivity index (χ4n) is 3.09. The van der Waals surface area contributed by atoms with Gasteiger partial charge in [0.05, 0.1) is 24.0 Å². The van der Waals surface area contributed by atoms with Gasteiger partial charge in [-0.25, -0.2) is 4.68 Å². The Morgan fingerprint density at radius 2 is 2.11 bits per heavy atom. The lowest BCUT2D eigenvalue weighted by atomic mass is 10.0. The number of halogens is 1. The number of nitrogens with one attached hydrogen (secondary N) is 2. The molecular formula is C20H30IN5O. The predicted molar refractivity (Wildman–Crippen MR) is 120 cm³/mol. The Kier molecular flexibility index (Phi) is 8.56. The molecule has 3 rings (SSSR count). The van der Waals surface area contributed by atoms with Crippen LogP contribution < -0.4 is 10.6 Å². The molecule has 2 N–H and O–H groups in total. The van der Waals surface area contributed by atoms with E-state index in [1.807, 2.05) is 29.1 Å². The Labute approximate surface area is 178 Å². The van der Waals surface area contributed by atoms with Crippen LogP contribution in [0, 0.1) is 0 Å². The normalized spacial score (nSPS) is 19.6. The zero-order chi connectivity index (χ0) is 18.2. The molecule has 0 spiro atoms. The number of hydrogen-bond donors (Lipinski definition) is 2. The first-order valence-corrected chi connectivity index (χ1v) is 9.44. The second kappa shape index (κ2) is 10.7. The summed E-state index contributed by atoms with van der Waals surface area (Å²) in [6.45, 7) is 7.41. The molecule has 1 aromatic carbocycles. The molecule has 0 amide bonds. The quantitative estimate of drug-likeness (QED) is 0.361. The van der Waals surface area contributed by atoms with Crippen molar-refractivity contribution in [3.8, 4) is 5.69 Å². The smallest absolute Gasteiger partial charge is 0.191 e. The minimum absolute atomic E-state index is 0. The third-order valence-electron chi connectivity index (χ3n) is 4.58. The van der Waals surface area contributed by atoms with E-state index in [0.717, 1.165) is 50.6 Å². The summed E-state index contributed by atoms with van der Waals surface area (Å²) in [5.41, 5.74) is 2.16. The van der Waals surface area contributed by atoms with Gasteiger partial charge in [-0.3, -0.25) is 4.99 Å². The van der Waals surface area contributed by atoms with Gasteiger partial charge in [0, 0.05) is 25.9 Å². The number of hydrogen-bond acceptors (Lipinski definition) is 3. The van der Waals surface area contributed by atoms with Crippen LogP contribution in [0.5, 0.6) is 0 Å². The highest BCUT2D eigenvalue weighted by atomic mass is 127. The minimum atomic E-state index is -0.112. The van der Waals surface area contributed by atoms with Crippen molar-refractivity contribution in [2.45, 2.75) is 38.7 Å². The first-order valence-electron chi connectivity index (χ1n) is 9.44. The van der Waals surface area contributed by atoms with Crippen LogP contribution in [-0.4, -0.2) is 47.6 Å². The average molecular weight is 483 g/mol. The molecular weight excluding hydrogens is 453 g/mol. The van der Waals surface area contributed by atoms with E-state index in [-0.39, 0.29) is 29.6 Å². The summed E-state index contributed by atoms with van der Waals surface area (Å²) in [6.07, 6.45) is 7.10. The van der Waals surface area contributed by atoms with E-state index >= 15 is 0 Å². The molecule has 1 aromatic heterocycles. The number of benzene rings is 1. The topological polar surface area (TPSA) is 63.5 Å². The van der Waals surface area contributed by atoms with Crippen LogP contribution >= 0.6 is 24.0 Å². The van der Waals surface area contributed by atoms with Crippen molar-refractivity contribution in [2.75, 3.05) is 26.2 Å². The largest absolute Gasteiger partial charge is 0.373 e. The van der Waals surface area contributed by atoms with Crippen LogP contribution in [0.3, 0.4) is 0 Å². The lowest BCUT2D eigenvalue weighted by molar-refractivity contribution is 0.0283. The second-order valence-corrected chi connectivity index (χ2v) is 6.90. The van der Waals surface area contributed by atoms with Crippen molar-refractivity contribution in [1.29, 1.82) is 0 Å². The van der Waals surface area contributed by atoms with Gasteiger partial charge in [0.15, 0.2) is 5.96 Å². The van der Waals surface area contributed by atoms with Crippen LogP contribution in [0.4, 0.5) is 0 Å². The van der Waals surface area contributed by atoms with Gasteiger partial charge in [-0.15, -0.1) is 24.0 Å². The van der Waals surface area contributed by atoms with E-state index in [1.54, 1.807) is 0 Å². The van der Waals surface area contributed by atoms with Gasteiger partial charge >= 0.3 is 0 Å². The van der Waals surface area contributed by atoms with Crippen molar-refractivity contribution in [1.82, 2.24) is 20.4 Å². The second-order valence-electron chi connectivity index (χ2n) is 6.90.